The maximum absolute atomic E-state index is 5.99. The molecule has 0 bridgehead atoms. The molecule has 1 saturated carbocycles. The van der Waals surface area contributed by atoms with Gasteiger partial charge in [-0.25, -0.2) is 0 Å². The molecule has 0 spiro atoms. The van der Waals surface area contributed by atoms with Crippen molar-refractivity contribution in [2.45, 2.75) is 24.9 Å². The van der Waals surface area contributed by atoms with E-state index in [1.165, 1.54) is 5.56 Å². The Labute approximate surface area is 94.7 Å². The number of hydrogen-bond acceptors (Lipinski definition) is 4. The van der Waals surface area contributed by atoms with Crippen LogP contribution >= 0.6 is 0 Å². The number of fused-ring (bicyclic) bond motifs is 1. The maximum Gasteiger partial charge on any atom is 0.231 e. The van der Waals surface area contributed by atoms with Crippen molar-refractivity contribution < 1.29 is 9.47 Å². The first kappa shape index (κ1) is 9.93. The summed E-state index contributed by atoms with van der Waals surface area (Å²) >= 11 is 0. The Morgan fingerprint density at radius 1 is 1.25 bits per heavy atom. The zero-order valence-electron chi connectivity index (χ0n) is 9.16. The fourth-order valence-corrected chi connectivity index (χ4v) is 1.84. The average Bonchev–Trinajstić information content (AvgIpc) is 2.84. The molecule has 1 heterocycles. The van der Waals surface area contributed by atoms with Crippen molar-refractivity contribution in [1.29, 1.82) is 0 Å². The Morgan fingerprint density at radius 2 is 2.06 bits per heavy atom. The van der Waals surface area contributed by atoms with Gasteiger partial charge in [0, 0.05) is 18.6 Å². The van der Waals surface area contributed by atoms with E-state index in [4.69, 9.17) is 15.2 Å². The van der Waals surface area contributed by atoms with Crippen LogP contribution in [0.5, 0.6) is 11.5 Å². The van der Waals surface area contributed by atoms with E-state index in [1.54, 1.807) is 0 Å². The van der Waals surface area contributed by atoms with E-state index in [0.717, 1.165) is 37.4 Å². The van der Waals surface area contributed by atoms with Crippen LogP contribution < -0.4 is 20.5 Å². The van der Waals surface area contributed by atoms with Crippen LogP contribution in [0, 0.1) is 0 Å². The lowest BCUT2D eigenvalue weighted by Gasteiger charge is -2.10. The van der Waals surface area contributed by atoms with E-state index in [0.29, 0.717) is 6.79 Å². The van der Waals surface area contributed by atoms with Crippen LogP contribution in [0.25, 0.3) is 0 Å². The van der Waals surface area contributed by atoms with Gasteiger partial charge in [0.05, 0.1) is 0 Å². The van der Waals surface area contributed by atoms with Crippen molar-refractivity contribution in [2.24, 2.45) is 5.73 Å². The molecule has 16 heavy (non-hydrogen) atoms. The van der Waals surface area contributed by atoms with E-state index in [9.17, 15) is 0 Å². The minimum Gasteiger partial charge on any atom is -0.454 e. The molecular formula is C12H16N2O2. The summed E-state index contributed by atoms with van der Waals surface area (Å²) in [6, 6.07) is 6.02. The molecule has 1 aromatic carbocycles. The molecule has 0 unspecified atom stereocenters. The largest absolute Gasteiger partial charge is 0.454 e. The molecule has 0 amide bonds. The lowest BCUT2D eigenvalue weighted by Crippen LogP contribution is -2.35. The number of benzene rings is 1. The summed E-state index contributed by atoms with van der Waals surface area (Å²) in [4.78, 5) is 0. The van der Waals surface area contributed by atoms with Gasteiger partial charge in [-0.05, 0) is 30.5 Å². The van der Waals surface area contributed by atoms with Gasteiger partial charge in [0.2, 0.25) is 6.79 Å². The molecular weight excluding hydrogens is 204 g/mol. The zero-order valence-corrected chi connectivity index (χ0v) is 9.16. The standard InChI is InChI=1S/C12H16N2O2/c13-12(3-4-12)7-14-6-9-1-2-10-11(5-9)16-8-15-10/h1-2,5,14H,3-4,6-8,13H2. The number of nitrogens with one attached hydrogen (secondary N) is 1. The van der Waals surface area contributed by atoms with Gasteiger partial charge in [0.1, 0.15) is 0 Å². The Bertz CT molecular complexity index is 402. The highest BCUT2D eigenvalue weighted by molar-refractivity contribution is 5.44. The van der Waals surface area contributed by atoms with Crippen LogP contribution in [0.1, 0.15) is 18.4 Å². The quantitative estimate of drug-likeness (QED) is 0.794. The maximum atomic E-state index is 5.99. The third-order valence-electron chi connectivity index (χ3n) is 3.14. The molecule has 2 aliphatic rings. The zero-order chi connectivity index (χ0) is 11.0. The number of hydrogen-bond donors (Lipinski definition) is 2. The first-order valence-corrected chi connectivity index (χ1v) is 5.63. The van der Waals surface area contributed by atoms with Crippen LogP contribution in [0.15, 0.2) is 18.2 Å². The average molecular weight is 220 g/mol. The summed E-state index contributed by atoms with van der Waals surface area (Å²) in [7, 11) is 0. The number of nitrogens with two attached hydrogens (primary N) is 1. The molecule has 0 atom stereocenters. The van der Waals surface area contributed by atoms with Crippen molar-refractivity contribution in [2.75, 3.05) is 13.3 Å². The van der Waals surface area contributed by atoms with Gasteiger partial charge in [-0.2, -0.15) is 0 Å². The summed E-state index contributed by atoms with van der Waals surface area (Å²) in [5.74, 6) is 1.68. The predicted octanol–water partition coefficient (Wildman–Crippen LogP) is 0.996. The monoisotopic (exact) mass is 220 g/mol. The second-order valence-corrected chi connectivity index (χ2v) is 4.65. The van der Waals surface area contributed by atoms with E-state index >= 15 is 0 Å². The third-order valence-corrected chi connectivity index (χ3v) is 3.14. The molecule has 0 aromatic heterocycles. The van der Waals surface area contributed by atoms with E-state index in [2.05, 4.69) is 11.4 Å². The second-order valence-electron chi connectivity index (χ2n) is 4.65. The van der Waals surface area contributed by atoms with Crippen molar-refractivity contribution in [3.05, 3.63) is 23.8 Å². The topological polar surface area (TPSA) is 56.5 Å². The highest BCUT2D eigenvalue weighted by Gasteiger charge is 2.37. The molecule has 4 heteroatoms. The first-order chi connectivity index (χ1) is 7.75. The van der Waals surface area contributed by atoms with Crippen molar-refractivity contribution in [3.8, 4) is 11.5 Å². The highest BCUT2D eigenvalue weighted by atomic mass is 16.7. The van der Waals surface area contributed by atoms with E-state index in [-0.39, 0.29) is 5.54 Å². The molecule has 0 radical (unpaired) electrons. The number of rotatable bonds is 4. The fraction of sp³-hybridized carbons (Fsp3) is 0.500. The lowest BCUT2D eigenvalue weighted by molar-refractivity contribution is 0.174. The molecule has 0 saturated heterocycles. The molecule has 1 aromatic rings. The van der Waals surface area contributed by atoms with E-state index in [1.807, 2.05) is 12.1 Å². The van der Waals surface area contributed by atoms with Gasteiger partial charge in [-0.1, -0.05) is 6.07 Å². The Balaban J connectivity index is 1.58. The molecule has 3 rings (SSSR count). The molecule has 1 aliphatic carbocycles. The van der Waals surface area contributed by atoms with E-state index < -0.39 is 0 Å². The minimum absolute atomic E-state index is 0.0658. The summed E-state index contributed by atoms with van der Waals surface area (Å²) in [6.45, 7) is 2.05. The van der Waals surface area contributed by atoms with Gasteiger partial charge in [-0.15, -0.1) is 0 Å². The van der Waals surface area contributed by atoms with Crippen LogP contribution in [0.4, 0.5) is 0 Å². The summed E-state index contributed by atoms with van der Waals surface area (Å²) in [5, 5.41) is 3.37. The van der Waals surface area contributed by atoms with Gasteiger partial charge < -0.3 is 20.5 Å². The SMILES string of the molecule is NC1(CNCc2ccc3c(c2)OCO3)CC1. The van der Waals surface area contributed by atoms with Crippen LogP contribution in [0.2, 0.25) is 0 Å². The second kappa shape index (κ2) is 3.64. The van der Waals surface area contributed by atoms with Gasteiger partial charge in [0.25, 0.3) is 0 Å². The number of ether oxygens (including phenoxy) is 2. The Hall–Kier alpha value is -1.26. The van der Waals surface area contributed by atoms with Crippen LogP contribution in [0.3, 0.4) is 0 Å². The fourth-order valence-electron chi connectivity index (χ4n) is 1.84. The first-order valence-electron chi connectivity index (χ1n) is 5.63. The Kier molecular flexibility index (Phi) is 2.26. The van der Waals surface area contributed by atoms with Crippen LogP contribution in [-0.2, 0) is 6.54 Å². The van der Waals surface area contributed by atoms with Gasteiger partial charge >= 0.3 is 0 Å². The van der Waals surface area contributed by atoms with Gasteiger partial charge in [0.15, 0.2) is 11.5 Å². The summed E-state index contributed by atoms with van der Waals surface area (Å²) in [5.41, 5.74) is 7.26. The van der Waals surface area contributed by atoms with Crippen LogP contribution in [-0.4, -0.2) is 18.9 Å². The van der Waals surface area contributed by atoms with Gasteiger partial charge in [-0.3, -0.25) is 0 Å². The summed E-state index contributed by atoms with van der Waals surface area (Å²) in [6.07, 6.45) is 2.28. The molecule has 86 valence electrons. The predicted molar refractivity (Wildman–Crippen MR) is 60.4 cm³/mol. The minimum atomic E-state index is 0.0658. The Morgan fingerprint density at radius 3 is 2.88 bits per heavy atom. The van der Waals surface area contributed by atoms with Crippen molar-refractivity contribution in [1.82, 2.24) is 5.32 Å². The summed E-state index contributed by atoms with van der Waals surface area (Å²) < 4.78 is 10.6. The third kappa shape index (κ3) is 1.99. The molecule has 4 nitrogen and oxygen atoms in total. The molecule has 1 aliphatic heterocycles. The molecule has 3 N–H and O–H groups in total. The lowest BCUT2D eigenvalue weighted by atomic mass is 10.2. The van der Waals surface area contributed by atoms with Crippen molar-refractivity contribution in [3.63, 3.8) is 0 Å². The molecule has 1 fully saturated rings. The normalized spacial score (nSPS) is 19.8. The highest BCUT2D eigenvalue weighted by Crippen LogP contribution is 2.33. The van der Waals surface area contributed by atoms with Crippen molar-refractivity contribution >= 4 is 0 Å². The smallest absolute Gasteiger partial charge is 0.231 e.